The van der Waals surface area contributed by atoms with Crippen molar-refractivity contribution in [3.05, 3.63) is 76.8 Å². The summed E-state index contributed by atoms with van der Waals surface area (Å²) in [7, 11) is 0. The molecular formula is C24H23F3N4O2S. The van der Waals surface area contributed by atoms with Crippen molar-refractivity contribution in [2.24, 2.45) is 0 Å². The van der Waals surface area contributed by atoms with Crippen LogP contribution in [-0.2, 0) is 17.5 Å². The molecule has 0 unspecified atom stereocenters. The van der Waals surface area contributed by atoms with Crippen LogP contribution >= 0.6 is 11.3 Å². The van der Waals surface area contributed by atoms with E-state index < -0.39 is 11.7 Å². The summed E-state index contributed by atoms with van der Waals surface area (Å²) in [5.74, 6) is -0.449. The van der Waals surface area contributed by atoms with Crippen molar-refractivity contribution in [2.75, 3.05) is 11.9 Å². The fourth-order valence-electron chi connectivity index (χ4n) is 3.31. The van der Waals surface area contributed by atoms with Crippen LogP contribution in [0.5, 0.6) is 0 Å². The first-order valence-electron chi connectivity index (χ1n) is 10.8. The Morgan fingerprint density at radius 2 is 1.85 bits per heavy atom. The maximum atomic E-state index is 13.2. The van der Waals surface area contributed by atoms with Crippen LogP contribution in [0, 0.1) is 0 Å². The van der Waals surface area contributed by atoms with Gasteiger partial charge in [0, 0.05) is 36.6 Å². The minimum atomic E-state index is -4.45. The predicted octanol–water partition coefficient (Wildman–Crippen LogP) is 5.22. The van der Waals surface area contributed by atoms with Gasteiger partial charge in [0.15, 0.2) is 5.13 Å². The van der Waals surface area contributed by atoms with E-state index in [2.05, 4.69) is 15.6 Å². The summed E-state index contributed by atoms with van der Waals surface area (Å²) in [4.78, 5) is 31.2. The second kappa shape index (κ2) is 10.3. The molecule has 6 nitrogen and oxygen atoms in total. The molecule has 3 aromatic rings. The number of alkyl halides is 3. The van der Waals surface area contributed by atoms with E-state index in [4.69, 9.17) is 0 Å². The van der Waals surface area contributed by atoms with E-state index in [0.29, 0.717) is 11.7 Å². The van der Waals surface area contributed by atoms with E-state index in [-0.39, 0.29) is 42.2 Å². The van der Waals surface area contributed by atoms with E-state index in [1.54, 1.807) is 10.3 Å². The van der Waals surface area contributed by atoms with Gasteiger partial charge in [-0.05, 0) is 36.6 Å². The summed E-state index contributed by atoms with van der Waals surface area (Å²) in [6, 6.07) is 14.4. The Kier molecular flexibility index (Phi) is 7.16. The number of carbonyl (C=O) groups is 2. The predicted molar refractivity (Wildman–Crippen MR) is 124 cm³/mol. The number of carbonyl (C=O) groups excluding carboxylic acids is 2. The Labute approximate surface area is 198 Å². The molecule has 1 saturated carbocycles. The number of benzene rings is 2. The monoisotopic (exact) mass is 488 g/mol. The van der Waals surface area contributed by atoms with Crippen molar-refractivity contribution in [3.63, 3.8) is 0 Å². The molecular weight excluding hydrogens is 465 g/mol. The first-order valence-corrected chi connectivity index (χ1v) is 11.7. The van der Waals surface area contributed by atoms with Gasteiger partial charge >= 0.3 is 6.18 Å². The molecule has 1 aliphatic rings. The van der Waals surface area contributed by atoms with Gasteiger partial charge in [0.25, 0.3) is 5.91 Å². The Morgan fingerprint density at radius 3 is 2.56 bits per heavy atom. The van der Waals surface area contributed by atoms with Gasteiger partial charge < -0.3 is 15.5 Å². The molecule has 34 heavy (non-hydrogen) atoms. The average Bonchev–Trinajstić information content (AvgIpc) is 3.50. The highest BCUT2D eigenvalue weighted by molar-refractivity contribution is 7.14. The summed E-state index contributed by atoms with van der Waals surface area (Å²) in [6.45, 7) is 0.532. The zero-order chi connectivity index (χ0) is 24.1. The van der Waals surface area contributed by atoms with Gasteiger partial charge in [-0.1, -0.05) is 36.4 Å². The normalized spacial score (nSPS) is 13.4. The second-order valence-corrected chi connectivity index (χ2v) is 8.90. The fourth-order valence-corrected chi connectivity index (χ4v) is 4.01. The lowest BCUT2D eigenvalue weighted by Gasteiger charge is -2.22. The Hall–Kier alpha value is -3.40. The highest BCUT2D eigenvalue weighted by atomic mass is 32.1. The molecule has 0 radical (unpaired) electrons. The Bertz CT molecular complexity index is 1150. The number of amides is 2. The van der Waals surface area contributed by atoms with Crippen molar-refractivity contribution in [2.45, 2.75) is 38.0 Å². The van der Waals surface area contributed by atoms with Gasteiger partial charge in [-0.15, -0.1) is 11.3 Å². The van der Waals surface area contributed by atoms with Crippen LogP contribution < -0.4 is 10.6 Å². The van der Waals surface area contributed by atoms with Gasteiger partial charge in [0.05, 0.1) is 5.56 Å². The number of anilines is 2. The standard InChI is InChI=1S/C24H23F3N4O2S/c25-24(26,27)17-7-4-8-19(13-17)29-23-30-20(15-34-23)22(33)31(14-16-5-2-1-3-6-16)12-11-21(32)28-18-9-10-18/h1-8,13,15,18H,9-12,14H2,(H,28,32)(H,29,30). The van der Waals surface area contributed by atoms with Crippen LogP contribution in [0.2, 0.25) is 0 Å². The van der Waals surface area contributed by atoms with Crippen LogP contribution in [0.4, 0.5) is 24.0 Å². The van der Waals surface area contributed by atoms with Crippen LogP contribution in [0.15, 0.2) is 60.0 Å². The largest absolute Gasteiger partial charge is 0.416 e. The van der Waals surface area contributed by atoms with Crippen LogP contribution in [-0.4, -0.2) is 34.3 Å². The lowest BCUT2D eigenvalue weighted by molar-refractivity contribution is -0.137. The van der Waals surface area contributed by atoms with Gasteiger partial charge in [-0.2, -0.15) is 13.2 Å². The van der Waals surface area contributed by atoms with Crippen molar-refractivity contribution in [3.8, 4) is 0 Å². The number of aromatic nitrogens is 1. The highest BCUT2D eigenvalue weighted by Gasteiger charge is 2.30. The van der Waals surface area contributed by atoms with E-state index in [0.717, 1.165) is 41.9 Å². The third kappa shape index (κ3) is 6.57. The van der Waals surface area contributed by atoms with Crippen LogP contribution in [0.25, 0.3) is 0 Å². The number of nitrogens with zero attached hydrogens (tertiary/aromatic N) is 2. The van der Waals surface area contributed by atoms with Crippen molar-refractivity contribution in [1.82, 2.24) is 15.2 Å². The lowest BCUT2D eigenvalue weighted by Crippen LogP contribution is -2.35. The minimum absolute atomic E-state index is 0.0986. The molecule has 0 bridgehead atoms. The molecule has 0 atom stereocenters. The number of thiazole rings is 1. The lowest BCUT2D eigenvalue weighted by atomic mass is 10.2. The van der Waals surface area contributed by atoms with Gasteiger partial charge in [0.1, 0.15) is 5.69 Å². The van der Waals surface area contributed by atoms with Crippen LogP contribution in [0.1, 0.15) is 40.9 Å². The molecule has 2 N–H and O–H groups in total. The zero-order valence-corrected chi connectivity index (χ0v) is 19.0. The van der Waals surface area contributed by atoms with E-state index in [1.165, 1.54) is 12.1 Å². The molecule has 1 aliphatic carbocycles. The highest BCUT2D eigenvalue weighted by Crippen LogP contribution is 2.32. The molecule has 1 aromatic heterocycles. The van der Waals surface area contributed by atoms with E-state index >= 15 is 0 Å². The van der Waals surface area contributed by atoms with Crippen LogP contribution in [0.3, 0.4) is 0 Å². The minimum Gasteiger partial charge on any atom is -0.353 e. The molecule has 2 amide bonds. The van der Waals surface area contributed by atoms with Crippen molar-refractivity contribution >= 4 is 34.0 Å². The summed E-state index contributed by atoms with van der Waals surface area (Å²) in [6.07, 6.45) is -2.31. The molecule has 10 heteroatoms. The quantitative estimate of drug-likeness (QED) is 0.433. The number of nitrogens with one attached hydrogen (secondary N) is 2. The third-order valence-corrected chi connectivity index (χ3v) is 5.98. The number of hydrogen-bond acceptors (Lipinski definition) is 5. The second-order valence-electron chi connectivity index (χ2n) is 8.05. The SMILES string of the molecule is O=C(CCN(Cc1ccccc1)C(=O)c1csc(Nc2cccc(C(F)(F)F)c2)n1)NC1CC1. The first kappa shape index (κ1) is 23.7. The molecule has 1 fully saturated rings. The summed E-state index contributed by atoms with van der Waals surface area (Å²) in [5, 5.41) is 7.61. The van der Waals surface area contributed by atoms with E-state index in [9.17, 15) is 22.8 Å². The van der Waals surface area contributed by atoms with E-state index in [1.807, 2.05) is 30.3 Å². The number of hydrogen-bond donors (Lipinski definition) is 2. The first-order chi connectivity index (χ1) is 16.3. The molecule has 0 aliphatic heterocycles. The molecule has 4 rings (SSSR count). The van der Waals surface area contributed by atoms with Gasteiger partial charge in [-0.3, -0.25) is 9.59 Å². The number of halogens is 3. The maximum absolute atomic E-state index is 13.2. The fraction of sp³-hybridized carbons (Fsp3) is 0.292. The molecule has 1 heterocycles. The molecule has 0 saturated heterocycles. The number of rotatable bonds is 9. The van der Waals surface area contributed by atoms with Gasteiger partial charge in [0.2, 0.25) is 5.91 Å². The Morgan fingerprint density at radius 1 is 1.09 bits per heavy atom. The summed E-state index contributed by atoms with van der Waals surface area (Å²) in [5.41, 5.74) is 0.527. The van der Waals surface area contributed by atoms with Crippen molar-refractivity contribution < 1.29 is 22.8 Å². The van der Waals surface area contributed by atoms with Gasteiger partial charge in [-0.25, -0.2) is 4.98 Å². The summed E-state index contributed by atoms with van der Waals surface area (Å²) >= 11 is 1.12. The smallest absolute Gasteiger partial charge is 0.353 e. The molecule has 2 aromatic carbocycles. The topological polar surface area (TPSA) is 74.3 Å². The van der Waals surface area contributed by atoms with Crippen molar-refractivity contribution in [1.29, 1.82) is 0 Å². The maximum Gasteiger partial charge on any atom is 0.416 e. The third-order valence-electron chi connectivity index (χ3n) is 5.22. The molecule has 178 valence electrons. The summed E-state index contributed by atoms with van der Waals surface area (Å²) < 4.78 is 38.9. The average molecular weight is 489 g/mol. The Balaban J connectivity index is 1.45. The molecule has 0 spiro atoms. The zero-order valence-electron chi connectivity index (χ0n) is 18.1.